The number of hydrogen-bond donors (Lipinski definition) is 1. The Morgan fingerprint density at radius 2 is 2.30 bits per heavy atom. The Morgan fingerprint density at radius 3 is 2.50 bits per heavy atom. The van der Waals surface area contributed by atoms with Gasteiger partial charge >= 0.3 is 5.97 Å². The molecule has 0 aromatic heterocycles. The van der Waals surface area contributed by atoms with E-state index in [1.54, 1.807) is 6.92 Å². The van der Waals surface area contributed by atoms with E-state index < -0.39 is 11.4 Å². The Morgan fingerprint density at radius 1 is 1.70 bits per heavy atom. The lowest BCUT2D eigenvalue weighted by Gasteiger charge is -2.16. The average Bonchev–Trinajstić information content (AvgIpc) is 2.13. The van der Waals surface area contributed by atoms with Crippen molar-refractivity contribution in [2.75, 3.05) is 20.1 Å². The number of hydrogen-bond acceptors (Lipinski definition) is 2. The lowest BCUT2D eigenvalue weighted by atomic mass is 9.90. The second kappa shape index (κ2) is 2.23. The summed E-state index contributed by atoms with van der Waals surface area (Å²) in [6, 6.07) is 0. The van der Waals surface area contributed by atoms with Crippen LogP contribution in [-0.2, 0) is 4.79 Å². The Hall–Kier alpha value is -0.570. The molecule has 0 aromatic rings. The smallest absolute Gasteiger partial charge is 0.310 e. The van der Waals surface area contributed by atoms with Gasteiger partial charge in [-0.2, -0.15) is 0 Å². The molecule has 1 rings (SSSR count). The van der Waals surface area contributed by atoms with E-state index >= 15 is 0 Å². The van der Waals surface area contributed by atoms with Crippen molar-refractivity contribution in [3.8, 4) is 0 Å². The lowest BCUT2D eigenvalue weighted by molar-refractivity contribution is -0.147. The zero-order chi connectivity index (χ0) is 7.78. The van der Waals surface area contributed by atoms with Gasteiger partial charge in [0, 0.05) is 6.54 Å². The highest BCUT2D eigenvalue weighted by Crippen LogP contribution is 2.28. The lowest BCUT2D eigenvalue weighted by Crippen LogP contribution is -2.30. The van der Waals surface area contributed by atoms with Crippen molar-refractivity contribution >= 4 is 5.97 Å². The summed E-state index contributed by atoms with van der Waals surface area (Å²) in [7, 11) is 1.95. The van der Waals surface area contributed by atoms with Crippen LogP contribution in [0.5, 0.6) is 0 Å². The van der Waals surface area contributed by atoms with E-state index in [2.05, 4.69) is 0 Å². The predicted molar refractivity (Wildman–Crippen MR) is 37.9 cm³/mol. The molecule has 1 aliphatic heterocycles. The molecular formula is C7H13NO2. The Balaban J connectivity index is 2.63. The number of carbonyl (C=O) groups is 1. The Bertz CT molecular complexity index is 158. The molecule has 3 nitrogen and oxygen atoms in total. The summed E-state index contributed by atoms with van der Waals surface area (Å²) < 4.78 is 0. The Kier molecular flexibility index (Phi) is 1.68. The first kappa shape index (κ1) is 7.54. The monoisotopic (exact) mass is 143 g/mol. The van der Waals surface area contributed by atoms with Crippen LogP contribution < -0.4 is 0 Å². The van der Waals surface area contributed by atoms with Crippen LogP contribution in [-0.4, -0.2) is 36.1 Å². The molecule has 0 amide bonds. The molecule has 0 bridgehead atoms. The quantitative estimate of drug-likeness (QED) is 0.578. The molecule has 1 aliphatic rings. The zero-order valence-electron chi connectivity index (χ0n) is 6.42. The van der Waals surface area contributed by atoms with Gasteiger partial charge in [-0.25, -0.2) is 0 Å². The molecule has 1 heterocycles. The molecule has 0 radical (unpaired) electrons. The zero-order valence-corrected chi connectivity index (χ0v) is 6.42. The number of carboxylic acids is 1. The first-order chi connectivity index (χ1) is 4.54. The van der Waals surface area contributed by atoms with Crippen LogP contribution in [0, 0.1) is 5.41 Å². The van der Waals surface area contributed by atoms with Gasteiger partial charge in [-0.15, -0.1) is 0 Å². The summed E-state index contributed by atoms with van der Waals surface area (Å²) in [4.78, 5) is 12.7. The van der Waals surface area contributed by atoms with Gasteiger partial charge in [0.1, 0.15) is 0 Å². The number of carboxylic acid groups (broad SMARTS) is 1. The highest BCUT2D eigenvalue weighted by molar-refractivity contribution is 5.74. The van der Waals surface area contributed by atoms with Crippen molar-refractivity contribution in [2.24, 2.45) is 5.41 Å². The highest BCUT2D eigenvalue weighted by atomic mass is 16.4. The second-order valence-electron chi connectivity index (χ2n) is 3.35. The SMILES string of the molecule is CN1CC[C@@](C)(C(=O)O)C1. The highest BCUT2D eigenvalue weighted by Gasteiger charge is 2.38. The minimum atomic E-state index is -0.670. The minimum absolute atomic E-state index is 0.491. The van der Waals surface area contributed by atoms with Crippen LogP contribution in [0.25, 0.3) is 0 Å². The number of nitrogens with zero attached hydrogens (tertiary/aromatic N) is 1. The van der Waals surface area contributed by atoms with Crippen molar-refractivity contribution in [1.82, 2.24) is 4.90 Å². The van der Waals surface area contributed by atoms with E-state index in [0.717, 1.165) is 13.0 Å². The fourth-order valence-corrected chi connectivity index (χ4v) is 1.37. The Labute approximate surface area is 60.6 Å². The van der Waals surface area contributed by atoms with Gasteiger partial charge in [0.05, 0.1) is 5.41 Å². The molecule has 0 spiro atoms. The molecule has 1 saturated heterocycles. The fraction of sp³-hybridized carbons (Fsp3) is 0.857. The molecule has 0 saturated carbocycles. The van der Waals surface area contributed by atoms with E-state index in [9.17, 15) is 4.79 Å². The normalized spacial score (nSPS) is 34.6. The van der Waals surface area contributed by atoms with Crippen LogP contribution >= 0.6 is 0 Å². The number of rotatable bonds is 1. The summed E-state index contributed by atoms with van der Waals surface area (Å²) in [6.45, 7) is 3.39. The van der Waals surface area contributed by atoms with Gasteiger partial charge in [-0.1, -0.05) is 0 Å². The summed E-state index contributed by atoms with van der Waals surface area (Å²) >= 11 is 0. The van der Waals surface area contributed by atoms with Gasteiger partial charge in [-0.05, 0) is 26.9 Å². The number of likely N-dealkylation sites (tertiary alicyclic amines) is 1. The molecule has 58 valence electrons. The molecule has 3 heteroatoms. The third kappa shape index (κ3) is 1.14. The van der Waals surface area contributed by atoms with Crippen LogP contribution in [0.2, 0.25) is 0 Å². The molecule has 0 unspecified atom stereocenters. The summed E-state index contributed by atoms with van der Waals surface area (Å²) in [5.41, 5.74) is -0.491. The van der Waals surface area contributed by atoms with E-state index in [1.807, 2.05) is 11.9 Å². The van der Waals surface area contributed by atoms with E-state index in [4.69, 9.17) is 5.11 Å². The van der Waals surface area contributed by atoms with Crippen molar-refractivity contribution in [3.05, 3.63) is 0 Å². The van der Waals surface area contributed by atoms with Gasteiger partial charge in [0.15, 0.2) is 0 Å². The molecule has 1 atom stereocenters. The van der Waals surface area contributed by atoms with E-state index in [1.165, 1.54) is 0 Å². The van der Waals surface area contributed by atoms with Crippen LogP contribution in [0.4, 0.5) is 0 Å². The largest absolute Gasteiger partial charge is 0.481 e. The van der Waals surface area contributed by atoms with Crippen molar-refractivity contribution in [1.29, 1.82) is 0 Å². The first-order valence-corrected chi connectivity index (χ1v) is 3.46. The second-order valence-corrected chi connectivity index (χ2v) is 3.35. The summed E-state index contributed by atoms with van der Waals surface area (Å²) in [6.07, 6.45) is 0.777. The van der Waals surface area contributed by atoms with Crippen molar-refractivity contribution in [3.63, 3.8) is 0 Å². The van der Waals surface area contributed by atoms with Gasteiger partial charge in [0.2, 0.25) is 0 Å². The molecular weight excluding hydrogens is 130 g/mol. The molecule has 0 aliphatic carbocycles. The van der Waals surface area contributed by atoms with Crippen molar-refractivity contribution in [2.45, 2.75) is 13.3 Å². The topological polar surface area (TPSA) is 40.5 Å². The molecule has 0 aromatic carbocycles. The number of aliphatic carboxylic acids is 1. The maximum atomic E-state index is 10.6. The average molecular weight is 143 g/mol. The van der Waals surface area contributed by atoms with Gasteiger partial charge in [-0.3, -0.25) is 4.79 Å². The summed E-state index contributed by atoms with van der Waals surface area (Å²) in [5.74, 6) is -0.670. The third-order valence-corrected chi connectivity index (χ3v) is 2.18. The maximum absolute atomic E-state index is 10.6. The predicted octanol–water partition coefficient (Wildman–Crippen LogP) is 0.413. The first-order valence-electron chi connectivity index (χ1n) is 3.46. The minimum Gasteiger partial charge on any atom is -0.481 e. The maximum Gasteiger partial charge on any atom is 0.310 e. The third-order valence-electron chi connectivity index (χ3n) is 2.18. The van der Waals surface area contributed by atoms with E-state index in [-0.39, 0.29) is 0 Å². The fourth-order valence-electron chi connectivity index (χ4n) is 1.37. The van der Waals surface area contributed by atoms with Crippen LogP contribution in [0.1, 0.15) is 13.3 Å². The molecule has 1 N–H and O–H groups in total. The van der Waals surface area contributed by atoms with Gasteiger partial charge < -0.3 is 10.0 Å². The van der Waals surface area contributed by atoms with Crippen LogP contribution in [0.3, 0.4) is 0 Å². The standard InChI is InChI=1S/C7H13NO2/c1-7(6(9)10)3-4-8(2)5-7/h3-5H2,1-2H3,(H,9,10)/t7-/m1/s1. The molecule has 1 fully saturated rings. The molecule has 10 heavy (non-hydrogen) atoms. The van der Waals surface area contributed by atoms with Crippen LogP contribution in [0.15, 0.2) is 0 Å². The van der Waals surface area contributed by atoms with Gasteiger partial charge in [0.25, 0.3) is 0 Å². The van der Waals surface area contributed by atoms with Crippen molar-refractivity contribution < 1.29 is 9.90 Å². The van der Waals surface area contributed by atoms with E-state index in [0.29, 0.717) is 6.54 Å². The summed E-state index contributed by atoms with van der Waals surface area (Å²) in [5, 5.41) is 8.76.